The molecule has 2 unspecified atom stereocenters. The van der Waals surface area contributed by atoms with Crippen molar-refractivity contribution in [2.45, 2.75) is 12.3 Å². The van der Waals surface area contributed by atoms with Gasteiger partial charge in [0, 0.05) is 64.5 Å². The second-order valence-electron chi connectivity index (χ2n) is 15.4. The quantitative estimate of drug-likeness (QED) is 0.0648. The minimum Gasteiger partial charge on any atom is -1.00 e. The second kappa shape index (κ2) is 28.7. The zero-order valence-electron chi connectivity index (χ0n) is 36.9. The third kappa shape index (κ3) is 15.2. The summed E-state index contributed by atoms with van der Waals surface area (Å²) >= 11 is 0. The monoisotopic (exact) mass is 1060 g/mol. The smallest absolute Gasteiger partial charge is 1.00 e. The Morgan fingerprint density at radius 2 is 0.955 bits per heavy atom. The van der Waals surface area contributed by atoms with Crippen LogP contribution >= 0.6 is 16.1 Å². The average molecular weight is 1060 g/mol. The Morgan fingerprint density at radius 1 is 0.567 bits per heavy atom. The molecule has 6 aliphatic heterocycles. The molecule has 4 aromatic rings. The number of amidine groups is 1. The first-order valence-corrected chi connectivity index (χ1v) is 23.8. The van der Waals surface area contributed by atoms with Crippen molar-refractivity contribution >= 4 is 58.3 Å². The molecule has 0 spiro atoms. The van der Waals surface area contributed by atoms with Crippen LogP contribution in [-0.4, -0.2) is 157 Å². The van der Waals surface area contributed by atoms with Gasteiger partial charge in [0.15, 0.2) is 0 Å². The van der Waals surface area contributed by atoms with E-state index in [1.54, 1.807) is 0 Å². The van der Waals surface area contributed by atoms with Gasteiger partial charge in [0.1, 0.15) is 25.5 Å². The Labute approximate surface area is 405 Å². The molecule has 6 heterocycles. The Bertz CT molecular complexity index is 2030. The summed E-state index contributed by atoms with van der Waals surface area (Å²) in [6.07, 6.45) is 5.73. The molecule has 0 radical (unpaired) electrons. The number of rotatable bonds is 6. The van der Waals surface area contributed by atoms with Crippen LogP contribution in [0.3, 0.4) is 0 Å². The van der Waals surface area contributed by atoms with Crippen molar-refractivity contribution < 1.29 is 64.0 Å². The van der Waals surface area contributed by atoms with E-state index < -0.39 is 31.2 Å². The third-order valence-electron chi connectivity index (χ3n) is 11.7. The Morgan fingerprint density at radius 3 is 1.43 bits per heavy atom. The number of benzene rings is 4. The summed E-state index contributed by atoms with van der Waals surface area (Å²) < 4.78 is 73.3. The molecule has 360 valence electrons. The predicted octanol–water partition coefficient (Wildman–Crippen LogP) is -0.478. The van der Waals surface area contributed by atoms with E-state index in [0.29, 0.717) is 12.3 Å². The van der Waals surface area contributed by atoms with E-state index >= 15 is 0 Å². The van der Waals surface area contributed by atoms with Crippen molar-refractivity contribution in [1.82, 2.24) is 33.8 Å². The van der Waals surface area contributed by atoms with Gasteiger partial charge in [-0.05, 0) is 17.2 Å². The van der Waals surface area contributed by atoms with Crippen molar-refractivity contribution in [1.29, 1.82) is 0 Å². The molecule has 0 aliphatic carbocycles. The fraction of sp³-hybridized carbons (Fsp3) is 0.333. The Balaban J connectivity index is 0.000000286. The van der Waals surface area contributed by atoms with E-state index in [4.69, 9.17) is 4.65 Å². The fourth-order valence-electron chi connectivity index (χ4n) is 8.90. The van der Waals surface area contributed by atoms with E-state index in [1.165, 1.54) is 32.9 Å². The van der Waals surface area contributed by atoms with Crippen molar-refractivity contribution in [3.8, 4) is 0 Å². The number of hydrogen-bond donors (Lipinski definition) is 0. The van der Waals surface area contributed by atoms with Gasteiger partial charge in [0.2, 0.25) is 0 Å². The molecule has 22 heteroatoms. The fourth-order valence-corrected chi connectivity index (χ4v) is 13.9. The third-order valence-corrected chi connectivity index (χ3v) is 16.7. The summed E-state index contributed by atoms with van der Waals surface area (Å²) in [5, 5.41) is 5.72. The zero-order chi connectivity index (χ0) is 45.6. The molecule has 0 bridgehead atoms. The average Bonchev–Trinajstić information content (AvgIpc) is 4.02. The normalized spacial score (nSPS) is 19.8. The van der Waals surface area contributed by atoms with Crippen LogP contribution in [0.15, 0.2) is 133 Å². The molecule has 9 nitrogen and oxygen atoms in total. The van der Waals surface area contributed by atoms with Gasteiger partial charge in [-0.25, -0.2) is 0 Å². The first-order valence-electron chi connectivity index (χ1n) is 21.2. The molecule has 0 saturated carbocycles. The number of nitrogens with zero attached hydrogens (tertiary/aromatic N) is 8. The molecular formula is C45H53B2F8N8OP2Rh. The summed E-state index contributed by atoms with van der Waals surface area (Å²) in [7, 11) is -1.92. The maximum Gasteiger partial charge on any atom is 3.00 e. The minimum absolute atomic E-state index is 0. The Kier molecular flexibility index (Phi) is 24.7. The van der Waals surface area contributed by atoms with Crippen molar-refractivity contribution in [2.75, 3.05) is 85.6 Å². The van der Waals surface area contributed by atoms with Crippen LogP contribution < -0.4 is 30.6 Å². The maximum absolute atomic E-state index is 9.67. The van der Waals surface area contributed by atoms with Crippen LogP contribution in [0.4, 0.5) is 25.9 Å². The van der Waals surface area contributed by atoms with Crippen molar-refractivity contribution in [2.24, 2.45) is 0 Å². The molecule has 0 aromatic heterocycles. The van der Waals surface area contributed by atoms with E-state index in [-0.39, 0.29) is 28.9 Å². The second-order valence-corrected chi connectivity index (χ2v) is 19.7. The van der Waals surface area contributed by atoms with Gasteiger partial charge in [0.05, 0.1) is 27.7 Å². The zero-order valence-corrected chi connectivity index (χ0v) is 40.4. The number of hydrogen-bond acceptors (Lipinski definition) is 7. The summed E-state index contributed by atoms with van der Waals surface area (Å²) in [5.41, 5.74) is 0. The first-order chi connectivity index (χ1) is 31.1. The first kappa shape index (κ1) is 57.6. The van der Waals surface area contributed by atoms with Gasteiger partial charge in [-0.1, -0.05) is 134 Å². The summed E-state index contributed by atoms with van der Waals surface area (Å²) in [4.78, 5) is 12.6. The topological polar surface area (TPSA) is 45.6 Å². The standard InChI is InChI=1S/C22H27N4P.C22H26N4P.CO.2BF3.2FH.Rh/c2*1-23-12-13-24-14-15-25-16-17-26(22(25)18-21(23)24)27(19-8-4-2-5-9-19)20-10-6-3-7-11-20;1-2;2*2-1(3)4;;;/h2-11,18,21-22H,1,12-17H2;2-11,18H,12-17H2,1H3;;;;2*1H;/q-2;+1;;;;;;+3/p-2. The van der Waals surface area contributed by atoms with Crippen LogP contribution in [0.1, 0.15) is 0 Å². The van der Waals surface area contributed by atoms with Gasteiger partial charge in [0.25, 0.3) is 5.84 Å². The van der Waals surface area contributed by atoms with Gasteiger partial charge in [-0.3, -0.25) is 53.5 Å². The van der Waals surface area contributed by atoms with Gasteiger partial charge in [-0.15, -0.1) is 0 Å². The van der Waals surface area contributed by atoms with Gasteiger partial charge in [-0.2, -0.15) is 0 Å². The van der Waals surface area contributed by atoms with Crippen LogP contribution in [0.25, 0.3) is 0 Å². The van der Waals surface area contributed by atoms with Crippen LogP contribution in [0.5, 0.6) is 0 Å². The number of likely N-dealkylation sites (N-methyl/N-ethyl adjacent to an activating group) is 1. The summed E-state index contributed by atoms with van der Waals surface area (Å²) in [6, 6.07) is 44.2. The van der Waals surface area contributed by atoms with Crippen LogP contribution in [0.2, 0.25) is 0 Å². The summed E-state index contributed by atoms with van der Waals surface area (Å²) in [5.74, 6) is 2.79. The molecule has 0 N–H and O–H groups in total. The molecule has 10 rings (SSSR count). The molecular weight excluding hydrogens is 1010 g/mol. The Hall–Kier alpha value is -3.68. The van der Waals surface area contributed by atoms with Crippen molar-refractivity contribution in [3.05, 3.63) is 153 Å². The molecule has 67 heavy (non-hydrogen) atoms. The van der Waals surface area contributed by atoms with Crippen molar-refractivity contribution in [3.63, 3.8) is 0 Å². The van der Waals surface area contributed by atoms with Crippen LogP contribution in [-0.2, 0) is 24.1 Å². The SMILES string of the molecule is C[N+]1=C2C=C3N(CCN2CC1)CCN3P(c1ccccc1)c1ccccc1.FB(F)F.FB(F)F.[C-]#[O+].[CH2-]N1CCN2CCN3CCN(P(c4ccccc4)c4ccccc4)C3[CH-]C12.[F-].[F-].[Rh+3]. The van der Waals surface area contributed by atoms with Gasteiger partial charge >= 0.3 is 45.9 Å². The maximum atomic E-state index is 9.67. The van der Waals surface area contributed by atoms with Crippen LogP contribution in [0, 0.1) is 20.1 Å². The number of fused-ring (bicyclic) bond motifs is 4. The molecule has 4 aromatic carbocycles. The number of halogens is 8. The molecule has 2 atom stereocenters. The van der Waals surface area contributed by atoms with Gasteiger partial charge < -0.3 is 33.7 Å². The van der Waals surface area contributed by atoms with E-state index in [0.717, 1.165) is 78.5 Å². The largest absolute Gasteiger partial charge is 3.00 e. The molecule has 4 saturated heterocycles. The molecule has 0 amide bonds. The molecule has 6 aliphatic rings. The van der Waals surface area contributed by atoms with E-state index in [9.17, 15) is 25.9 Å². The van der Waals surface area contributed by atoms with E-state index in [1.807, 2.05) is 0 Å². The summed E-state index contributed by atoms with van der Waals surface area (Å²) in [6.45, 7) is 18.0. The molecule has 4 fully saturated rings. The minimum atomic E-state index is -3.67. The van der Waals surface area contributed by atoms with E-state index in [2.05, 4.69) is 193 Å². The predicted molar refractivity (Wildman–Crippen MR) is 248 cm³/mol.